The van der Waals surface area contributed by atoms with E-state index >= 15 is 0 Å². The first kappa shape index (κ1) is 30.5. The molecule has 0 saturated carbocycles. The normalized spacial score (nSPS) is 12.2. The summed E-state index contributed by atoms with van der Waals surface area (Å²) in [4.78, 5) is 9.30. The molecule has 2 nitrogen and oxygen atoms in total. The fraction of sp³-hybridized carbons (Fsp3) is 0.706. The molecule has 0 aliphatic rings. The van der Waals surface area contributed by atoms with Crippen LogP contribution < -0.4 is 0 Å². The van der Waals surface area contributed by atoms with Crippen molar-refractivity contribution in [2.75, 3.05) is 0 Å². The van der Waals surface area contributed by atoms with E-state index in [0.717, 1.165) is 23.7 Å². The van der Waals surface area contributed by atoms with Crippen molar-refractivity contribution in [3.63, 3.8) is 0 Å². The van der Waals surface area contributed by atoms with Gasteiger partial charge in [-0.05, 0) is 42.7 Å². The third-order valence-corrected chi connectivity index (χ3v) is 7.85. The highest BCUT2D eigenvalue weighted by Crippen LogP contribution is 2.19. The van der Waals surface area contributed by atoms with Crippen LogP contribution >= 0.6 is 0 Å². The predicted molar refractivity (Wildman–Crippen MR) is 158 cm³/mol. The molecule has 2 rings (SSSR count). The lowest BCUT2D eigenvalue weighted by Gasteiger charge is -2.07. The molecule has 0 spiro atoms. The monoisotopic (exact) mass is 492 g/mol. The Hall–Kier alpha value is -1.70. The number of aryl methyl sites for hydroxylation is 2. The molecule has 1 atom stereocenters. The van der Waals surface area contributed by atoms with Gasteiger partial charge in [0, 0.05) is 18.0 Å². The first-order valence-corrected chi connectivity index (χ1v) is 15.6. The van der Waals surface area contributed by atoms with Crippen molar-refractivity contribution in [2.24, 2.45) is 5.92 Å². The Kier molecular flexibility index (Phi) is 17.3. The first-order valence-electron chi connectivity index (χ1n) is 15.6. The quantitative estimate of drug-likeness (QED) is 0.153. The van der Waals surface area contributed by atoms with E-state index in [1.165, 1.54) is 133 Å². The molecule has 0 radical (unpaired) electrons. The molecule has 0 amide bonds. The Labute approximate surface area is 224 Å². The second-order valence-corrected chi connectivity index (χ2v) is 11.2. The van der Waals surface area contributed by atoms with E-state index in [-0.39, 0.29) is 0 Å². The molecule has 1 aromatic carbocycles. The van der Waals surface area contributed by atoms with Crippen molar-refractivity contribution < 1.29 is 0 Å². The molecular formula is C34H56N2. The Balaban J connectivity index is 1.54. The number of nitrogens with zero attached hydrogens (tertiary/aromatic N) is 2. The van der Waals surface area contributed by atoms with Gasteiger partial charge in [0.25, 0.3) is 0 Å². The molecule has 2 aromatic rings. The summed E-state index contributed by atoms with van der Waals surface area (Å²) in [7, 11) is 0. The summed E-state index contributed by atoms with van der Waals surface area (Å²) < 4.78 is 0. The lowest BCUT2D eigenvalue weighted by molar-refractivity contribution is 0.474. The summed E-state index contributed by atoms with van der Waals surface area (Å²) in [6.07, 6.45) is 31.2. The van der Waals surface area contributed by atoms with Crippen molar-refractivity contribution in [1.29, 1.82) is 0 Å². The van der Waals surface area contributed by atoms with Crippen LogP contribution in [0.5, 0.6) is 0 Å². The summed E-state index contributed by atoms with van der Waals surface area (Å²) in [6.45, 7) is 6.96. The number of rotatable bonds is 22. The van der Waals surface area contributed by atoms with Crippen LogP contribution in [-0.4, -0.2) is 9.97 Å². The van der Waals surface area contributed by atoms with Crippen LogP contribution in [0.4, 0.5) is 0 Å². The average Bonchev–Trinajstić information content (AvgIpc) is 2.92. The second-order valence-electron chi connectivity index (χ2n) is 11.2. The molecule has 1 unspecified atom stereocenters. The second kappa shape index (κ2) is 20.4. The van der Waals surface area contributed by atoms with E-state index in [2.05, 4.69) is 55.0 Å². The molecule has 202 valence electrons. The molecule has 0 N–H and O–H groups in total. The number of unbranched alkanes of at least 4 members (excludes halogenated alkanes) is 14. The van der Waals surface area contributed by atoms with Crippen LogP contribution in [-0.2, 0) is 12.8 Å². The van der Waals surface area contributed by atoms with Gasteiger partial charge in [0.05, 0.1) is 0 Å². The zero-order valence-electron chi connectivity index (χ0n) is 24.1. The number of hydrogen-bond acceptors (Lipinski definition) is 2. The van der Waals surface area contributed by atoms with Gasteiger partial charge in [0.15, 0.2) is 5.82 Å². The third kappa shape index (κ3) is 14.1. The van der Waals surface area contributed by atoms with E-state index in [1.807, 2.05) is 12.4 Å². The van der Waals surface area contributed by atoms with Crippen LogP contribution in [0.15, 0.2) is 36.7 Å². The van der Waals surface area contributed by atoms with Crippen molar-refractivity contribution in [3.8, 4) is 11.4 Å². The van der Waals surface area contributed by atoms with Crippen LogP contribution in [0.1, 0.15) is 147 Å². The zero-order chi connectivity index (χ0) is 25.7. The topological polar surface area (TPSA) is 25.8 Å². The molecule has 0 aliphatic carbocycles. The van der Waals surface area contributed by atoms with Crippen LogP contribution in [0.2, 0.25) is 0 Å². The van der Waals surface area contributed by atoms with Gasteiger partial charge in [-0.3, -0.25) is 0 Å². The minimum atomic E-state index is 0.851. The third-order valence-electron chi connectivity index (χ3n) is 7.85. The van der Waals surface area contributed by atoms with Crippen molar-refractivity contribution >= 4 is 0 Å². The lowest BCUT2D eigenvalue weighted by Crippen LogP contribution is -1.94. The van der Waals surface area contributed by atoms with Crippen LogP contribution in [0.25, 0.3) is 11.4 Å². The Morgan fingerprint density at radius 2 is 1.03 bits per heavy atom. The summed E-state index contributed by atoms with van der Waals surface area (Å²) in [5.41, 5.74) is 3.84. The van der Waals surface area contributed by atoms with Crippen molar-refractivity contribution in [3.05, 3.63) is 47.8 Å². The Morgan fingerprint density at radius 3 is 1.56 bits per heavy atom. The molecule has 2 heteroatoms. The lowest BCUT2D eigenvalue weighted by atomic mass is 10.00. The summed E-state index contributed by atoms with van der Waals surface area (Å²) >= 11 is 0. The molecule has 36 heavy (non-hydrogen) atoms. The van der Waals surface area contributed by atoms with E-state index in [4.69, 9.17) is 0 Å². The molecule has 1 aromatic heterocycles. The minimum absolute atomic E-state index is 0.851. The van der Waals surface area contributed by atoms with E-state index in [1.54, 1.807) is 0 Å². The molecule has 0 saturated heterocycles. The van der Waals surface area contributed by atoms with Crippen molar-refractivity contribution in [1.82, 2.24) is 9.97 Å². The molecule has 0 fully saturated rings. The summed E-state index contributed by atoms with van der Waals surface area (Å²) in [5, 5.41) is 0. The highest BCUT2D eigenvalue weighted by Gasteiger charge is 2.04. The summed E-state index contributed by atoms with van der Waals surface area (Å²) in [6, 6.07) is 8.93. The average molecular weight is 493 g/mol. The standard InChI is InChI=1S/C34H56N2/c1-4-6-7-8-9-10-11-12-13-14-15-19-22-31-24-26-33(27-25-31)34-35-28-32(29-36-34)23-20-17-16-18-21-30(3)5-2/h24-30H,4-23H2,1-3H3. The summed E-state index contributed by atoms with van der Waals surface area (Å²) in [5.74, 6) is 1.73. The predicted octanol–water partition coefficient (Wildman–Crippen LogP) is 10.9. The fourth-order valence-corrected chi connectivity index (χ4v) is 5.00. The van der Waals surface area contributed by atoms with Crippen LogP contribution in [0, 0.1) is 5.92 Å². The maximum atomic E-state index is 4.65. The molecule has 0 aliphatic heterocycles. The van der Waals surface area contributed by atoms with E-state index in [0.29, 0.717) is 0 Å². The van der Waals surface area contributed by atoms with Gasteiger partial charge in [-0.25, -0.2) is 9.97 Å². The first-order chi connectivity index (χ1) is 17.7. The van der Waals surface area contributed by atoms with Gasteiger partial charge in [0.2, 0.25) is 0 Å². The fourth-order valence-electron chi connectivity index (χ4n) is 5.00. The van der Waals surface area contributed by atoms with Gasteiger partial charge in [-0.15, -0.1) is 0 Å². The largest absolute Gasteiger partial charge is 0.236 e. The van der Waals surface area contributed by atoms with Gasteiger partial charge in [-0.2, -0.15) is 0 Å². The van der Waals surface area contributed by atoms with Gasteiger partial charge in [-0.1, -0.05) is 148 Å². The molecular weight excluding hydrogens is 436 g/mol. The maximum Gasteiger partial charge on any atom is 0.159 e. The number of hydrogen-bond donors (Lipinski definition) is 0. The smallest absolute Gasteiger partial charge is 0.159 e. The molecule has 0 bridgehead atoms. The minimum Gasteiger partial charge on any atom is -0.236 e. The Bertz CT molecular complexity index is 750. The Morgan fingerprint density at radius 1 is 0.556 bits per heavy atom. The number of benzene rings is 1. The van der Waals surface area contributed by atoms with E-state index in [9.17, 15) is 0 Å². The highest BCUT2D eigenvalue weighted by atomic mass is 14.9. The molecule has 1 heterocycles. The SMILES string of the molecule is CCCCCCCCCCCCCCc1ccc(-c2ncc(CCCCCCC(C)CC)cn2)cc1. The van der Waals surface area contributed by atoms with E-state index < -0.39 is 0 Å². The highest BCUT2D eigenvalue weighted by molar-refractivity contribution is 5.55. The van der Waals surface area contributed by atoms with Gasteiger partial charge >= 0.3 is 0 Å². The maximum absolute atomic E-state index is 4.65. The van der Waals surface area contributed by atoms with Gasteiger partial charge in [0.1, 0.15) is 0 Å². The zero-order valence-corrected chi connectivity index (χ0v) is 24.1. The van der Waals surface area contributed by atoms with Crippen LogP contribution in [0.3, 0.4) is 0 Å². The number of aromatic nitrogens is 2. The van der Waals surface area contributed by atoms with Gasteiger partial charge < -0.3 is 0 Å². The van der Waals surface area contributed by atoms with Crippen molar-refractivity contribution in [2.45, 2.75) is 149 Å².